The average molecular weight is 265 g/mol. The number of benzene rings is 1. The van der Waals surface area contributed by atoms with E-state index in [4.69, 9.17) is 15.3 Å². The zero-order valence-corrected chi connectivity index (χ0v) is 10.2. The van der Waals surface area contributed by atoms with Gasteiger partial charge in [0.25, 0.3) is 0 Å². The molecule has 0 saturated carbocycles. The molecule has 0 aliphatic rings. The first-order valence-electron chi connectivity index (χ1n) is 5.68. The van der Waals surface area contributed by atoms with E-state index in [2.05, 4.69) is 0 Å². The third-order valence-corrected chi connectivity index (χ3v) is 2.22. The molecule has 0 bridgehead atoms. The Kier molecular flexibility index (Phi) is 5.56. The number of carboxylic acid groups (broad SMARTS) is 1. The molecule has 0 aliphatic carbocycles. The Bertz CT molecular complexity index is 605. The summed E-state index contributed by atoms with van der Waals surface area (Å²) in [5.41, 5.74) is 4.88. The Morgan fingerprint density at radius 2 is 2.00 bits per heavy atom. The van der Waals surface area contributed by atoms with Gasteiger partial charge in [0.2, 0.25) is 0 Å². The molecular weight excluding hydrogens is 250 g/mol. The molecule has 1 aromatic heterocycles. The summed E-state index contributed by atoms with van der Waals surface area (Å²) in [6, 6.07) is 7.89. The third-order valence-electron chi connectivity index (χ3n) is 2.22. The highest BCUT2D eigenvalue weighted by Gasteiger charge is 2.01. The van der Waals surface area contributed by atoms with Gasteiger partial charge in [-0.05, 0) is 25.1 Å². The normalized spacial score (nSPS) is 9.74. The summed E-state index contributed by atoms with van der Waals surface area (Å²) in [7, 11) is 0. The lowest BCUT2D eigenvalue weighted by Crippen LogP contribution is -2.02. The van der Waals surface area contributed by atoms with E-state index >= 15 is 0 Å². The van der Waals surface area contributed by atoms with Crippen LogP contribution in [0.15, 0.2) is 39.5 Å². The van der Waals surface area contributed by atoms with Crippen molar-refractivity contribution in [1.29, 1.82) is 0 Å². The number of rotatable bonds is 3. The van der Waals surface area contributed by atoms with Gasteiger partial charge in [0.15, 0.2) is 0 Å². The summed E-state index contributed by atoms with van der Waals surface area (Å²) in [6.45, 7) is 0.465. The lowest BCUT2D eigenvalue weighted by Gasteiger charge is -1.96. The highest BCUT2D eigenvalue weighted by molar-refractivity contribution is 5.82. The summed E-state index contributed by atoms with van der Waals surface area (Å²) < 4.78 is 4.83. The van der Waals surface area contributed by atoms with E-state index in [-0.39, 0.29) is 12.2 Å². The van der Waals surface area contributed by atoms with Gasteiger partial charge in [0, 0.05) is 6.42 Å². The number of fused-ring (bicyclic) bond motifs is 1. The molecule has 0 radical (unpaired) electrons. The maximum atomic E-state index is 10.8. The molecular formula is C13H15NO5. The van der Waals surface area contributed by atoms with Gasteiger partial charge < -0.3 is 20.4 Å². The zero-order valence-electron chi connectivity index (χ0n) is 10.2. The standard InChI is InChI=1S/C9H6O3.C4H9NO2/c10-7-5-9(11)12-8-4-2-1-3-6(7)8;5-3-1-2-4(6)7/h1-5,10H;1-3,5H2,(H,6,7). The Hall–Kier alpha value is -2.34. The van der Waals surface area contributed by atoms with E-state index < -0.39 is 11.6 Å². The molecule has 6 heteroatoms. The van der Waals surface area contributed by atoms with Crippen LogP contribution in [0.2, 0.25) is 0 Å². The van der Waals surface area contributed by atoms with Gasteiger partial charge in [-0.15, -0.1) is 0 Å². The first kappa shape index (κ1) is 14.7. The van der Waals surface area contributed by atoms with Crippen molar-refractivity contribution in [1.82, 2.24) is 0 Å². The van der Waals surface area contributed by atoms with E-state index in [0.29, 0.717) is 23.9 Å². The molecule has 4 N–H and O–H groups in total. The van der Waals surface area contributed by atoms with Gasteiger partial charge in [0.1, 0.15) is 11.3 Å². The second-order valence-corrected chi connectivity index (χ2v) is 3.73. The van der Waals surface area contributed by atoms with Crippen LogP contribution in [0.3, 0.4) is 0 Å². The topological polar surface area (TPSA) is 114 Å². The van der Waals surface area contributed by atoms with Crippen LogP contribution in [0.1, 0.15) is 12.8 Å². The van der Waals surface area contributed by atoms with Crippen LogP contribution in [0.5, 0.6) is 5.75 Å². The summed E-state index contributed by atoms with van der Waals surface area (Å²) in [5.74, 6) is -0.813. The number of aromatic hydroxyl groups is 1. The van der Waals surface area contributed by atoms with Crippen LogP contribution in [0.4, 0.5) is 0 Å². The number of aliphatic carboxylic acids is 1. The van der Waals surface area contributed by atoms with Gasteiger partial charge in [0.05, 0.1) is 11.5 Å². The van der Waals surface area contributed by atoms with E-state index in [1.807, 2.05) is 0 Å². The van der Waals surface area contributed by atoms with Crippen molar-refractivity contribution in [3.05, 3.63) is 40.8 Å². The van der Waals surface area contributed by atoms with Gasteiger partial charge in [-0.25, -0.2) is 4.79 Å². The first-order valence-corrected chi connectivity index (χ1v) is 5.68. The number of carboxylic acids is 1. The summed E-state index contributed by atoms with van der Waals surface area (Å²) >= 11 is 0. The summed E-state index contributed by atoms with van der Waals surface area (Å²) in [6.07, 6.45) is 0.770. The zero-order chi connectivity index (χ0) is 14.3. The molecule has 0 saturated heterocycles. The summed E-state index contributed by atoms with van der Waals surface area (Å²) in [4.78, 5) is 20.5. The molecule has 0 fully saturated rings. The molecule has 19 heavy (non-hydrogen) atoms. The molecule has 1 heterocycles. The molecule has 102 valence electrons. The molecule has 2 aromatic rings. The fraction of sp³-hybridized carbons (Fsp3) is 0.231. The third kappa shape index (κ3) is 4.81. The highest BCUT2D eigenvalue weighted by atomic mass is 16.4. The van der Waals surface area contributed by atoms with Crippen LogP contribution in [-0.4, -0.2) is 22.7 Å². The van der Waals surface area contributed by atoms with Gasteiger partial charge in [-0.3, -0.25) is 4.79 Å². The molecule has 0 spiro atoms. The maximum absolute atomic E-state index is 10.8. The minimum atomic E-state index is -0.773. The number of hydrogen-bond donors (Lipinski definition) is 3. The summed E-state index contributed by atoms with van der Waals surface area (Å²) in [5, 5.41) is 17.8. The molecule has 0 unspecified atom stereocenters. The molecule has 0 aliphatic heterocycles. The van der Waals surface area contributed by atoms with E-state index in [9.17, 15) is 14.7 Å². The second kappa shape index (κ2) is 7.17. The lowest BCUT2D eigenvalue weighted by molar-refractivity contribution is -0.137. The quantitative estimate of drug-likeness (QED) is 0.721. The fourth-order valence-corrected chi connectivity index (χ4v) is 1.35. The minimum Gasteiger partial charge on any atom is -0.507 e. The van der Waals surface area contributed by atoms with Crippen molar-refractivity contribution in [3.63, 3.8) is 0 Å². The second-order valence-electron chi connectivity index (χ2n) is 3.73. The lowest BCUT2D eigenvalue weighted by atomic mass is 10.2. The predicted octanol–water partition coefficient (Wildman–Crippen LogP) is 1.31. The molecule has 0 atom stereocenters. The van der Waals surface area contributed by atoms with Crippen LogP contribution < -0.4 is 11.4 Å². The fourth-order valence-electron chi connectivity index (χ4n) is 1.35. The van der Waals surface area contributed by atoms with Gasteiger partial charge in [-0.1, -0.05) is 12.1 Å². The van der Waals surface area contributed by atoms with Crippen molar-refractivity contribution in [2.24, 2.45) is 5.73 Å². The Labute approximate surface area is 109 Å². The van der Waals surface area contributed by atoms with Crippen LogP contribution in [0.25, 0.3) is 11.0 Å². The van der Waals surface area contributed by atoms with Crippen molar-refractivity contribution in [3.8, 4) is 5.75 Å². The monoisotopic (exact) mass is 265 g/mol. The first-order chi connectivity index (χ1) is 9.04. The van der Waals surface area contributed by atoms with E-state index in [1.165, 1.54) is 0 Å². The van der Waals surface area contributed by atoms with Crippen molar-refractivity contribution < 1.29 is 19.4 Å². The largest absolute Gasteiger partial charge is 0.507 e. The Morgan fingerprint density at radius 3 is 2.58 bits per heavy atom. The molecule has 1 aromatic carbocycles. The van der Waals surface area contributed by atoms with Crippen molar-refractivity contribution in [2.45, 2.75) is 12.8 Å². The number of hydrogen-bond acceptors (Lipinski definition) is 5. The predicted molar refractivity (Wildman–Crippen MR) is 70.1 cm³/mol. The number of nitrogens with two attached hydrogens (primary N) is 1. The SMILES string of the molecule is NCCCC(=O)O.O=c1cc(O)c2ccccc2o1. The Morgan fingerprint density at radius 1 is 1.32 bits per heavy atom. The smallest absolute Gasteiger partial charge is 0.339 e. The number of para-hydroxylation sites is 1. The van der Waals surface area contributed by atoms with E-state index in [0.717, 1.165) is 6.07 Å². The molecule has 2 rings (SSSR count). The highest BCUT2D eigenvalue weighted by Crippen LogP contribution is 2.20. The van der Waals surface area contributed by atoms with Crippen LogP contribution >= 0.6 is 0 Å². The minimum absolute atomic E-state index is 0.0400. The maximum Gasteiger partial charge on any atom is 0.339 e. The van der Waals surface area contributed by atoms with Crippen molar-refractivity contribution in [2.75, 3.05) is 6.54 Å². The van der Waals surface area contributed by atoms with E-state index in [1.54, 1.807) is 24.3 Å². The number of carbonyl (C=O) groups is 1. The van der Waals surface area contributed by atoms with Crippen LogP contribution in [-0.2, 0) is 4.79 Å². The molecule has 0 amide bonds. The average Bonchev–Trinajstić information content (AvgIpc) is 2.37. The molecule has 6 nitrogen and oxygen atoms in total. The Balaban J connectivity index is 0.000000224. The van der Waals surface area contributed by atoms with Gasteiger partial charge >= 0.3 is 11.6 Å². The van der Waals surface area contributed by atoms with Crippen molar-refractivity contribution >= 4 is 16.9 Å². The van der Waals surface area contributed by atoms with Gasteiger partial charge in [-0.2, -0.15) is 0 Å². The van der Waals surface area contributed by atoms with Crippen LogP contribution in [0, 0.1) is 0 Å².